The Bertz CT molecular complexity index is 2090. The van der Waals surface area contributed by atoms with Crippen molar-refractivity contribution in [1.82, 2.24) is 9.97 Å². The van der Waals surface area contributed by atoms with Gasteiger partial charge in [-0.15, -0.1) is 0 Å². The summed E-state index contributed by atoms with van der Waals surface area (Å²) >= 11 is 0. The second kappa shape index (κ2) is 5.67. The van der Waals surface area contributed by atoms with Crippen molar-refractivity contribution in [2.75, 3.05) is 0 Å². The van der Waals surface area contributed by atoms with Gasteiger partial charge in [0.15, 0.2) is 0 Å². The molecule has 2 heteroatoms. The quantitative estimate of drug-likeness (QED) is 0.178. The van der Waals surface area contributed by atoms with Gasteiger partial charge in [0.2, 0.25) is 0 Å². The number of nitrogens with zero attached hydrogens (tertiary/aromatic N) is 2. The minimum Gasteiger partial charge on any atom is -0.256 e. The van der Waals surface area contributed by atoms with Crippen LogP contribution in [0, 0.1) is 0 Å². The van der Waals surface area contributed by atoms with E-state index in [1.54, 1.807) is 0 Å². The van der Waals surface area contributed by atoms with E-state index in [2.05, 4.69) is 84.9 Å². The predicted octanol–water partition coefficient (Wildman–Crippen LogP) is 8.58. The molecule has 0 fully saturated rings. The summed E-state index contributed by atoms with van der Waals surface area (Å²) in [5.41, 5.74) is 2.18. The molecule has 7 aromatic carbocycles. The van der Waals surface area contributed by atoms with E-state index >= 15 is 0 Å². The van der Waals surface area contributed by atoms with Gasteiger partial charge in [-0.05, 0) is 55.2 Å². The summed E-state index contributed by atoms with van der Waals surface area (Å²) in [7, 11) is 0. The van der Waals surface area contributed by atoms with Crippen LogP contribution in [0.15, 0.2) is 97.3 Å². The fraction of sp³-hybridized carbons (Fsp3) is 0. The van der Waals surface area contributed by atoms with Crippen molar-refractivity contribution in [1.29, 1.82) is 0 Å². The first-order valence-corrected chi connectivity index (χ1v) is 11.7. The van der Waals surface area contributed by atoms with Crippen LogP contribution in [0.5, 0.6) is 0 Å². The number of pyridine rings is 2. The maximum absolute atomic E-state index is 4.89. The number of benzene rings is 7. The molecule has 2 nitrogen and oxygen atoms in total. The maximum atomic E-state index is 4.89. The predicted molar refractivity (Wildman–Crippen MR) is 144 cm³/mol. The Morgan fingerprint density at radius 1 is 0.324 bits per heavy atom. The van der Waals surface area contributed by atoms with Gasteiger partial charge in [0.05, 0.1) is 11.0 Å². The van der Waals surface area contributed by atoms with Crippen LogP contribution in [0.4, 0.5) is 0 Å². The first-order chi connectivity index (χ1) is 16.9. The van der Waals surface area contributed by atoms with Crippen LogP contribution < -0.4 is 0 Å². The third-order valence-electron chi connectivity index (χ3n) is 7.81. The van der Waals surface area contributed by atoms with Gasteiger partial charge in [0.25, 0.3) is 0 Å². The molecule has 0 bridgehead atoms. The summed E-state index contributed by atoms with van der Waals surface area (Å²) in [5.74, 6) is 0. The molecule has 0 unspecified atom stereocenters. The lowest BCUT2D eigenvalue weighted by atomic mass is 9.83. The summed E-state index contributed by atoms with van der Waals surface area (Å²) in [6.07, 6.45) is 3.88. The van der Waals surface area contributed by atoms with E-state index in [4.69, 9.17) is 9.97 Å². The summed E-state index contributed by atoms with van der Waals surface area (Å²) in [4.78, 5) is 9.79. The first kappa shape index (κ1) is 17.0. The lowest BCUT2D eigenvalue weighted by Crippen LogP contribution is -1.94. The van der Waals surface area contributed by atoms with Crippen molar-refractivity contribution in [2.24, 2.45) is 0 Å². The first-order valence-electron chi connectivity index (χ1n) is 11.7. The zero-order valence-corrected chi connectivity index (χ0v) is 18.1. The highest BCUT2D eigenvalue weighted by molar-refractivity contribution is 6.48. The average molecular weight is 428 g/mol. The normalized spacial score (nSPS) is 12.7. The van der Waals surface area contributed by atoms with Crippen LogP contribution in [0.2, 0.25) is 0 Å². The van der Waals surface area contributed by atoms with Crippen LogP contribution >= 0.6 is 0 Å². The minimum atomic E-state index is 1.09. The number of rotatable bonds is 0. The van der Waals surface area contributed by atoms with Crippen molar-refractivity contribution < 1.29 is 0 Å². The lowest BCUT2D eigenvalue weighted by Gasteiger charge is -2.21. The molecule has 0 saturated heterocycles. The van der Waals surface area contributed by atoms with Crippen molar-refractivity contribution in [3.8, 4) is 0 Å². The van der Waals surface area contributed by atoms with Gasteiger partial charge >= 0.3 is 0 Å². The van der Waals surface area contributed by atoms with E-state index in [1.807, 2.05) is 12.4 Å². The molecule has 0 saturated carbocycles. The highest BCUT2D eigenvalue weighted by Crippen LogP contribution is 2.50. The fourth-order valence-electron chi connectivity index (χ4n) is 6.53. The number of hydrogen-bond acceptors (Lipinski definition) is 2. The Labute approximate surface area is 193 Å². The summed E-state index contributed by atoms with van der Waals surface area (Å²) in [6, 6.07) is 31.0. The van der Waals surface area contributed by atoms with Gasteiger partial charge in [0.1, 0.15) is 0 Å². The zero-order valence-electron chi connectivity index (χ0n) is 18.1. The number of hydrogen-bond donors (Lipinski definition) is 0. The van der Waals surface area contributed by atoms with Gasteiger partial charge in [-0.2, -0.15) is 0 Å². The Balaban J connectivity index is 1.80. The van der Waals surface area contributed by atoms with Crippen molar-refractivity contribution in [3.05, 3.63) is 97.3 Å². The Hall–Kier alpha value is -4.56. The smallest absolute Gasteiger partial charge is 0.0793 e. The van der Waals surface area contributed by atoms with Crippen LogP contribution in [-0.4, -0.2) is 9.97 Å². The van der Waals surface area contributed by atoms with Crippen LogP contribution in [0.25, 0.3) is 86.4 Å². The molecule has 0 radical (unpaired) electrons. The molecule has 0 amide bonds. The van der Waals surface area contributed by atoms with E-state index in [-0.39, 0.29) is 0 Å². The van der Waals surface area contributed by atoms with Gasteiger partial charge < -0.3 is 0 Å². The van der Waals surface area contributed by atoms with Crippen LogP contribution in [0.3, 0.4) is 0 Å². The molecule has 154 valence electrons. The molecule has 0 spiro atoms. The van der Waals surface area contributed by atoms with Crippen molar-refractivity contribution >= 4 is 86.4 Å². The van der Waals surface area contributed by atoms with Crippen LogP contribution in [0.1, 0.15) is 0 Å². The zero-order chi connectivity index (χ0) is 22.0. The molecule has 0 aliphatic heterocycles. The third-order valence-corrected chi connectivity index (χ3v) is 7.81. The maximum Gasteiger partial charge on any atom is 0.0793 e. The highest BCUT2D eigenvalue weighted by Gasteiger charge is 2.22. The topological polar surface area (TPSA) is 25.8 Å². The number of aromatic nitrogens is 2. The van der Waals surface area contributed by atoms with Gasteiger partial charge in [-0.3, -0.25) is 9.97 Å². The Kier molecular flexibility index (Phi) is 2.83. The third kappa shape index (κ3) is 1.79. The minimum absolute atomic E-state index is 1.09. The average Bonchev–Trinajstić information content (AvgIpc) is 2.91. The Morgan fingerprint density at radius 2 is 0.765 bits per heavy atom. The molecule has 9 aromatic rings. The van der Waals surface area contributed by atoms with E-state index in [9.17, 15) is 0 Å². The van der Waals surface area contributed by atoms with Gasteiger partial charge in [-0.25, -0.2) is 0 Å². The van der Waals surface area contributed by atoms with E-state index < -0.39 is 0 Å². The summed E-state index contributed by atoms with van der Waals surface area (Å²) in [6.45, 7) is 0. The molecular weight excluding hydrogens is 412 g/mol. The second-order valence-electron chi connectivity index (χ2n) is 9.33. The van der Waals surface area contributed by atoms with Crippen molar-refractivity contribution in [3.63, 3.8) is 0 Å². The SMILES string of the molecule is c1ccc2c(c1)c1nccc3ccc4c5c6ccccc6c6nccc7ccc(c2c4c31)c5c76. The molecule has 34 heavy (non-hydrogen) atoms. The van der Waals surface area contributed by atoms with Gasteiger partial charge in [-0.1, -0.05) is 72.8 Å². The Morgan fingerprint density at radius 3 is 1.24 bits per heavy atom. The molecule has 2 heterocycles. The summed E-state index contributed by atoms with van der Waals surface area (Å²) in [5, 5.41) is 17.9. The second-order valence-corrected chi connectivity index (χ2v) is 9.33. The molecular formula is C32H16N2. The fourth-order valence-corrected chi connectivity index (χ4v) is 6.53. The van der Waals surface area contributed by atoms with Gasteiger partial charge in [0, 0.05) is 44.7 Å². The van der Waals surface area contributed by atoms with Crippen LogP contribution in [-0.2, 0) is 0 Å². The molecule has 2 aromatic heterocycles. The molecule has 0 N–H and O–H groups in total. The lowest BCUT2D eigenvalue weighted by molar-refractivity contribution is 1.44. The van der Waals surface area contributed by atoms with E-state index in [0.717, 1.165) is 11.0 Å². The molecule has 0 aliphatic rings. The molecule has 9 rings (SSSR count). The molecule has 0 aliphatic carbocycles. The van der Waals surface area contributed by atoms with E-state index in [0.29, 0.717) is 0 Å². The number of fused-ring (bicyclic) bond motifs is 8. The van der Waals surface area contributed by atoms with Crippen molar-refractivity contribution in [2.45, 2.75) is 0 Å². The largest absolute Gasteiger partial charge is 0.256 e. The summed E-state index contributed by atoms with van der Waals surface area (Å²) < 4.78 is 0. The highest BCUT2D eigenvalue weighted by atomic mass is 14.7. The standard InChI is InChI=1S/C32H16N2/c1-3-7-21-19(5-1)27-23-11-9-18-14-16-34-32-22-8-4-2-6-20(22)28(30(23)26(18)32)24-12-10-17-13-15-33-31(21)25(17)29(24)27/h1-16H. The van der Waals surface area contributed by atoms with E-state index in [1.165, 1.54) is 75.4 Å². The monoisotopic (exact) mass is 428 g/mol. The molecule has 0 atom stereocenters.